The number of thioether (sulfide) groups is 1. The van der Waals surface area contributed by atoms with E-state index in [0.29, 0.717) is 0 Å². The fraction of sp³-hybridized carbons (Fsp3) is 0.250. The van der Waals surface area contributed by atoms with Crippen LogP contribution in [-0.4, -0.2) is 22.9 Å². The third-order valence-electron chi connectivity index (χ3n) is 0.741. The number of carbonyl (C=O) groups excluding carboxylic acids is 2. The molecule has 0 heterocycles. The van der Waals surface area contributed by atoms with Gasteiger partial charge < -0.3 is 17.3 Å². The van der Waals surface area contributed by atoms with E-state index in [1.165, 1.54) is 0 Å². The van der Waals surface area contributed by atoms with E-state index in [1.807, 2.05) is 5.32 Å². The van der Waals surface area contributed by atoms with Crippen LogP contribution in [0.2, 0.25) is 0 Å². The van der Waals surface area contributed by atoms with Gasteiger partial charge in [0.15, 0.2) is 5.17 Å². The Balaban J connectivity index is 3.65. The zero-order valence-electron chi connectivity index (χ0n) is 6.11. The Morgan fingerprint density at radius 2 is 2.00 bits per heavy atom. The number of amides is 3. The van der Waals surface area contributed by atoms with Crippen molar-refractivity contribution in [1.29, 1.82) is 0 Å². The van der Waals surface area contributed by atoms with E-state index in [2.05, 4.69) is 10.8 Å². The molecule has 0 aromatic carbocycles. The van der Waals surface area contributed by atoms with Gasteiger partial charge >= 0.3 is 6.03 Å². The van der Waals surface area contributed by atoms with Crippen molar-refractivity contribution in [2.75, 3.05) is 5.75 Å². The Hall–Kier alpha value is -1.44. The lowest BCUT2D eigenvalue weighted by atomic mass is 10.7. The smallest absolute Gasteiger partial charge is 0.318 e. The van der Waals surface area contributed by atoms with Gasteiger partial charge in [0.25, 0.3) is 0 Å². The van der Waals surface area contributed by atoms with Gasteiger partial charge in [-0.25, -0.2) is 4.79 Å². The summed E-state index contributed by atoms with van der Waals surface area (Å²) in [7, 11) is 0. The highest BCUT2D eigenvalue weighted by molar-refractivity contribution is 8.14. The van der Waals surface area contributed by atoms with Gasteiger partial charge in [0.2, 0.25) is 5.91 Å². The standard InChI is InChI=1S/C4H9N5O2S/c5-3(11)8-2(10)1-12-4(6)9-7/h1,7H2,(H2,6,9)(H3,5,8,10,11). The molecule has 12 heavy (non-hydrogen) atoms. The number of nitrogens with one attached hydrogen (secondary N) is 1. The lowest BCUT2D eigenvalue weighted by Gasteiger charge is -1.98. The van der Waals surface area contributed by atoms with Crippen molar-refractivity contribution < 1.29 is 9.59 Å². The first-order chi connectivity index (χ1) is 5.56. The minimum absolute atomic E-state index is 0.0462. The second-order valence-corrected chi connectivity index (χ2v) is 2.66. The summed E-state index contributed by atoms with van der Waals surface area (Å²) in [6, 6.07) is -0.899. The molecule has 0 radical (unpaired) electrons. The van der Waals surface area contributed by atoms with E-state index in [-0.39, 0.29) is 10.9 Å². The number of urea groups is 1. The number of rotatable bonds is 2. The molecular weight excluding hydrogens is 182 g/mol. The molecule has 3 amide bonds. The van der Waals surface area contributed by atoms with Crippen molar-refractivity contribution in [3.05, 3.63) is 0 Å². The summed E-state index contributed by atoms with van der Waals surface area (Å²) in [5.74, 6) is 4.19. The maximum atomic E-state index is 10.7. The minimum atomic E-state index is -0.899. The van der Waals surface area contributed by atoms with Crippen LogP contribution >= 0.6 is 11.8 Å². The third kappa shape index (κ3) is 5.35. The van der Waals surface area contributed by atoms with Crippen LogP contribution in [-0.2, 0) is 4.79 Å². The van der Waals surface area contributed by atoms with E-state index < -0.39 is 11.9 Å². The van der Waals surface area contributed by atoms with Crippen molar-refractivity contribution >= 4 is 28.9 Å². The largest absolute Gasteiger partial charge is 0.377 e. The second-order valence-electron chi connectivity index (χ2n) is 1.67. The van der Waals surface area contributed by atoms with Crippen molar-refractivity contribution in [2.45, 2.75) is 0 Å². The summed E-state index contributed by atoms with van der Waals surface area (Å²) in [6.45, 7) is 0. The summed E-state index contributed by atoms with van der Waals surface area (Å²) < 4.78 is 0. The van der Waals surface area contributed by atoms with Crippen LogP contribution in [0.1, 0.15) is 0 Å². The molecule has 0 saturated carbocycles. The molecule has 0 atom stereocenters. The number of nitrogens with zero attached hydrogens (tertiary/aromatic N) is 1. The van der Waals surface area contributed by atoms with Crippen molar-refractivity contribution in [1.82, 2.24) is 5.32 Å². The van der Waals surface area contributed by atoms with Gasteiger partial charge in [-0.05, 0) is 0 Å². The second kappa shape index (κ2) is 5.24. The van der Waals surface area contributed by atoms with Crippen molar-refractivity contribution in [3.8, 4) is 0 Å². The highest BCUT2D eigenvalue weighted by Crippen LogP contribution is 1.96. The zero-order valence-corrected chi connectivity index (χ0v) is 6.93. The van der Waals surface area contributed by atoms with E-state index >= 15 is 0 Å². The monoisotopic (exact) mass is 191 g/mol. The summed E-state index contributed by atoms with van der Waals surface area (Å²) in [4.78, 5) is 20.8. The minimum Gasteiger partial charge on any atom is -0.377 e. The number of imide groups is 1. The molecule has 0 bridgehead atoms. The number of nitrogens with two attached hydrogens (primary N) is 3. The van der Waals surface area contributed by atoms with E-state index in [0.717, 1.165) is 11.8 Å². The number of amidine groups is 1. The number of primary amides is 1. The number of hydrogen-bond donors (Lipinski definition) is 4. The van der Waals surface area contributed by atoms with Gasteiger partial charge in [-0.1, -0.05) is 11.8 Å². The number of hydrazone groups is 1. The molecule has 8 heteroatoms. The fourth-order valence-electron chi connectivity index (χ4n) is 0.350. The van der Waals surface area contributed by atoms with Gasteiger partial charge in [-0.3, -0.25) is 10.1 Å². The van der Waals surface area contributed by atoms with E-state index in [4.69, 9.17) is 11.6 Å². The molecular formula is C4H9N5O2S. The first-order valence-corrected chi connectivity index (χ1v) is 3.80. The molecule has 0 aromatic rings. The molecule has 0 aliphatic carbocycles. The van der Waals surface area contributed by atoms with Crippen LogP contribution < -0.4 is 22.6 Å². The molecule has 68 valence electrons. The molecule has 0 aliphatic rings. The molecule has 0 aromatic heterocycles. The summed E-state index contributed by atoms with van der Waals surface area (Å²) in [6.07, 6.45) is 0. The molecule has 0 spiro atoms. The summed E-state index contributed by atoms with van der Waals surface area (Å²) >= 11 is 0.909. The molecule has 0 rings (SSSR count). The number of carbonyl (C=O) groups is 2. The Morgan fingerprint density at radius 3 is 2.42 bits per heavy atom. The number of hydrogen-bond acceptors (Lipinski definition) is 5. The highest BCUT2D eigenvalue weighted by Gasteiger charge is 2.04. The van der Waals surface area contributed by atoms with Crippen molar-refractivity contribution in [2.24, 2.45) is 22.4 Å². The Bertz CT molecular complexity index is 215. The summed E-state index contributed by atoms with van der Waals surface area (Å²) in [5.41, 5.74) is 9.81. The molecule has 0 unspecified atom stereocenters. The molecule has 7 nitrogen and oxygen atoms in total. The predicted octanol–water partition coefficient (Wildman–Crippen LogP) is -1.90. The maximum Gasteiger partial charge on any atom is 0.318 e. The average Bonchev–Trinajstić information content (AvgIpc) is 1.99. The third-order valence-corrected chi connectivity index (χ3v) is 1.55. The van der Waals surface area contributed by atoms with Crippen molar-refractivity contribution in [3.63, 3.8) is 0 Å². The maximum absolute atomic E-state index is 10.7. The molecule has 0 aliphatic heterocycles. The average molecular weight is 191 g/mol. The lowest BCUT2D eigenvalue weighted by Crippen LogP contribution is -2.36. The van der Waals surface area contributed by atoms with Crippen LogP contribution in [0.4, 0.5) is 4.79 Å². The van der Waals surface area contributed by atoms with Crippen LogP contribution in [0.3, 0.4) is 0 Å². The Morgan fingerprint density at radius 1 is 1.42 bits per heavy atom. The first-order valence-electron chi connectivity index (χ1n) is 2.81. The summed E-state index contributed by atoms with van der Waals surface area (Å²) in [5, 5.41) is 5.02. The van der Waals surface area contributed by atoms with Gasteiger partial charge in [-0.15, -0.1) is 0 Å². The van der Waals surface area contributed by atoms with Crippen LogP contribution in [0.25, 0.3) is 0 Å². The van der Waals surface area contributed by atoms with Crippen LogP contribution in [0, 0.1) is 0 Å². The Kier molecular flexibility index (Phi) is 4.61. The molecule has 0 saturated heterocycles. The Labute approximate surface area is 72.7 Å². The van der Waals surface area contributed by atoms with Crippen LogP contribution in [0.15, 0.2) is 5.10 Å². The van der Waals surface area contributed by atoms with Gasteiger partial charge in [-0.2, -0.15) is 5.10 Å². The van der Waals surface area contributed by atoms with Crippen LogP contribution in [0.5, 0.6) is 0 Å². The fourth-order valence-corrected chi connectivity index (χ4v) is 0.776. The lowest BCUT2D eigenvalue weighted by molar-refractivity contribution is -0.117. The van der Waals surface area contributed by atoms with Gasteiger partial charge in [0.05, 0.1) is 5.75 Å². The van der Waals surface area contributed by atoms with E-state index in [9.17, 15) is 9.59 Å². The zero-order chi connectivity index (χ0) is 9.56. The first kappa shape index (κ1) is 10.6. The van der Waals surface area contributed by atoms with Gasteiger partial charge in [0.1, 0.15) is 0 Å². The van der Waals surface area contributed by atoms with Gasteiger partial charge in [0, 0.05) is 0 Å². The van der Waals surface area contributed by atoms with E-state index in [1.54, 1.807) is 0 Å². The molecule has 7 N–H and O–H groups in total. The highest BCUT2D eigenvalue weighted by atomic mass is 32.2. The SMILES string of the molecule is N/N=C(\N)SCC(=O)NC(N)=O. The predicted molar refractivity (Wildman–Crippen MR) is 46.0 cm³/mol. The topological polar surface area (TPSA) is 137 Å². The normalized spacial score (nSPS) is 10.8. The quantitative estimate of drug-likeness (QED) is 0.175. The molecule has 0 fully saturated rings.